The van der Waals surface area contributed by atoms with Gasteiger partial charge in [0.05, 0.1) is 35.4 Å². The molecule has 0 spiro atoms. The van der Waals surface area contributed by atoms with Gasteiger partial charge in [-0.15, -0.1) is 11.3 Å². The van der Waals surface area contributed by atoms with E-state index in [-0.39, 0.29) is 52.0 Å². The lowest BCUT2D eigenvalue weighted by atomic mass is 10.0. The van der Waals surface area contributed by atoms with Crippen LogP contribution < -0.4 is 15.6 Å². The molecule has 0 fully saturated rings. The first kappa shape index (κ1) is 29.6. The molecule has 0 saturated heterocycles. The molecule has 0 aliphatic rings. The van der Waals surface area contributed by atoms with Crippen LogP contribution in [0.2, 0.25) is 0 Å². The van der Waals surface area contributed by atoms with E-state index in [1.54, 1.807) is 26.0 Å². The predicted molar refractivity (Wildman–Crippen MR) is 137 cm³/mol. The van der Waals surface area contributed by atoms with E-state index in [4.69, 9.17) is 9.47 Å². The number of anilines is 1. The summed E-state index contributed by atoms with van der Waals surface area (Å²) in [7, 11) is 0. The number of hydrogen-bond acceptors (Lipinski definition) is 7. The van der Waals surface area contributed by atoms with Crippen LogP contribution in [0.15, 0.2) is 52.6 Å². The summed E-state index contributed by atoms with van der Waals surface area (Å²) in [4.78, 5) is 39.1. The van der Waals surface area contributed by atoms with Crippen molar-refractivity contribution in [1.82, 2.24) is 9.78 Å². The molecule has 2 aromatic heterocycles. The molecule has 216 valence electrons. The quantitative estimate of drug-likeness (QED) is 0.197. The number of carbonyl (C=O) groups excluding carboxylic acids is 2. The Labute approximate surface area is 231 Å². The molecule has 2 aromatic carbocycles. The standard InChI is InChI=1S/C26H19F6N3O5S/c1-3-39-17-7-5-16(6-8-17)35-23(37)19-18(20(34-35)24(38)40-4-2)12-41-22(19)33-21(36)13-9-14(25(27,28)29)11-15(10-13)26(30,31)32/h5-12H,3-4H2,1-2H3,(H,33,36). The molecule has 0 radical (unpaired) electrons. The lowest BCUT2D eigenvalue weighted by Crippen LogP contribution is -2.25. The summed E-state index contributed by atoms with van der Waals surface area (Å²) >= 11 is 0.725. The minimum Gasteiger partial charge on any atom is -0.494 e. The number of esters is 1. The maximum absolute atomic E-state index is 13.5. The maximum Gasteiger partial charge on any atom is 0.416 e. The fourth-order valence-corrected chi connectivity index (χ4v) is 4.71. The van der Waals surface area contributed by atoms with E-state index in [9.17, 15) is 40.7 Å². The van der Waals surface area contributed by atoms with Gasteiger partial charge in [-0.1, -0.05) is 0 Å². The molecule has 2 heterocycles. The Kier molecular flexibility index (Phi) is 8.10. The smallest absolute Gasteiger partial charge is 0.416 e. The number of alkyl halides is 6. The normalized spacial score (nSPS) is 11.9. The topological polar surface area (TPSA) is 99.5 Å². The van der Waals surface area contributed by atoms with Gasteiger partial charge in [0.2, 0.25) is 0 Å². The van der Waals surface area contributed by atoms with Crippen molar-refractivity contribution in [3.63, 3.8) is 0 Å². The zero-order chi connectivity index (χ0) is 30.1. The summed E-state index contributed by atoms with van der Waals surface area (Å²) in [5.41, 5.74) is -5.23. The highest BCUT2D eigenvalue weighted by atomic mass is 32.1. The number of nitrogens with one attached hydrogen (secondary N) is 1. The minimum absolute atomic E-state index is 0.0315. The van der Waals surface area contributed by atoms with Gasteiger partial charge in [-0.25, -0.2) is 4.79 Å². The highest BCUT2D eigenvalue weighted by molar-refractivity contribution is 7.16. The van der Waals surface area contributed by atoms with Crippen LogP contribution in [0.3, 0.4) is 0 Å². The van der Waals surface area contributed by atoms with Gasteiger partial charge in [0.15, 0.2) is 5.69 Å². The Morgan fingerprint density at radius 2 is 1.56 bits per heavy atom. The molecular weight excluding hydrogens is 580 g/mol. The Bertz CT molecular complexity index is 1640. The molecule has 0 bridgehead atoms. The molecule has 4 rings (SSSR count). The van der Waals surface area contributed by atoms with E-state index in [0.717, 1.165) is 16.0 Å². The number of amides is 1. The van der Waals surface area contributed by atoms with Crippen molar-refractivity contribution in [2.75, 3.05) is 18.5 Å². The number of rotatable bonds is 7. The largest absolute Gasteiger partial charge is 0.494 e. The van der Waals surface area contributed by atoms with Crippen LogP contribution in [0.5, 0.6) is 5.75 Å². The first-order valence-corrected chi connectivity index (χ1v) is 12.7. The second-order valence-electron chi connectivity index (χ2n) is 8.32. The number of ether oxygens (including phenoxy) is 2. The predicted octanol–water partition coefficient (Wildman–Crippen LogP) is 6.31. The van der Waals surface area contributed by atoms with Crippen molar-refractivity contribution >= 4 is 39.0 Å². The monoisotopic (exact) mass is 599 g/mol. The Morgan fingerprint density at radius 1 is 0.951 bits per heavy atom. The SMILES string of the molecule is CCOC(=O)c1nn(-c2ccc(OCC)cc2)c(=O)c2c(NC(=O)c3cc(C(F)(F)F)cc(C(F)(F)F)c3)scc12. The van der Waals surface area contributed by atoms with Crippen molar-refractivity contribution < 1.29 is 45.4 Å². The van der Waals surface area contributed by atoms with Crippen molar-refractivity contribution in [3.05, 3.63) is 80.6 Å². The Hall–Kier alpha value is -4.40. The van der Waals surface area contributed by atoms with Gasteiger partial charge >= 0.3 is 18.3 Å². The van der Waals surface area contributed by atoms with E-state index in [1.165, 1.54) is 17.5 Å². The van der Waals surface area contributed by atoms with Gasteiger partial charge in [0.25, 0.3) is 11.5 Å². The third kappa shape index (κ3) is 6.19. The molecule has 0 saturated carbocycles. The molecule has 1 N–H and O–H groups in total. The highest BCUT2D eigenvalue weighted by Crippen LogP contribution is 2.37. The van der Waals surface area contributed by atoms with Crippen LogP contribution in [0.4, 0.5) is 31.3 Å². The van der Waals surface area contributed by atoms with E-state index < -0.39 is 46.5 Å². The van der Waals surface area contributed by atoms with Crippen LogP contribution in [0.1, 0.15) is 45.8 Å². The first-order chi connectivity index (χ1) is 19.2. The van der Waals surface area contributed by atoms with Crippen LogP contribution in [-0.2, 0) is 17.1 Å². The fourth-order valence-electron chi connectivity index (χ4n) is 3.78. The molecule has 15 heteroatoms. The summed E-state index contributed by atoms with van der Waals surface area (Å²) in [6.07, 6.45) is -10.3. The average Bonchev–Trinajstić information content (AvgIpc) is 3.32. The van der Waals surface area contributed by atoms with Crippen LogP contribution in [0, 0.1) is 0 Å². The number of halogens is 6. The van der Waals surface area contributed by atoms with Gasteiger partial charge in [-0.05, 0) is 56.3 Å². The molecule has 0 unspecified atom stereocenters. The minimum atomic E-state index is -5.17. The lowest BCUT2D eigenvalue weighted by molar-refractivity contribution is -0.143. The van der Waals surface area contributed by atoms with Crippen molar-refractivity contribution in [2.45, 2.75) is 26.2 Å². The number of nitrogens with zero attached hydrogens (tertiary/aromatic N) is 2. The fraction of sp³-hybridized carbons (Fsp3) is 0.231. The van der Waals surface area contributed by atoms with Gasteiger partial charge in [-0.3, -0.25) is 9.59 Å². The molecule has 4 aromatic rings. The van der Waals surface area contributed by atoms with E-state index in [0.29, 0.717) is 12.4 Å². The number of fused-ring (bicyclic) bond motifs is 1. The molecule has 0 aliphatic heterocycles. The van der Waals surface area contributed by atoms with Crippen LogP contribution in [0.25, 0.3) is 16.5 Å². The first-order valence-electron chi connectivity index (χ1n) is 11.8. The third-order valence-corrected chi connectivity index (χ3v) is 6.49. The van der Waals surface area contributed by atoms with Gasteiger partial charge in [0, 0.05) is 16.3 Å². The molecule has 0 aliphatic carbocycles. The summed E-state index contributed by atoms with van der Waals surface area (Å²) < 4.78 is 91.0. The van der Waals surface area contributed by atoms with E-state index >= 15 is 0 Å². The lowest BCUT2D eigenvalue weighted by Gasteiger charge is -2.14. The van der Waals surface area contributed by atoms with Gasteiger partial charge in [0.1, 0.15) is 10.8 Å². The average molecular weight is 600 g/mol. The van der Waals surface area contributed by atoms with Crippen molar-refractivity contribution in [1.29, 1.82) is 0 Å². The number of hydrogen-bond donors (Lipinski definition) is 1. The Morgan fingerprint density at radius 3 is 2.10 bits per heavy atom. The second kappa shape index (κ2) is 11.2. The van der Waals surface area contributed by atoms with Crippen LogP contribution >= 0.6 is 11.3 Å². The van der Waals surface area contributed by atoms with Gasteiger partial charge < -0.3 is 14.8 Å². The molecule has 8 nitrogen and oxygen atoms in total. The zero-order valence-corrected chi connectivity index (χ0v) is 22.0. The Balaban J connectivity index is 1.85. The zero-order valence-electron chi connectivity index (χ0n) is 21.1. The number of carbonyl (C=O) groups is 2. The summed E-state index contributed by atoms with van der Waals surface area (Å²) in [5, 5.41) is 7.12. The second-order valence-corrected chi connectivity index (χ2v) is 9.19. The summed E-state index contributed by atoms with van der Waals surface area (Å²) in [6.45, 7) is 3.66. The number of thiophene rings is 1. The molecule has 0 atom stereocenters. The molecule has 41 heavy (non-hydrogen) atoms. The summed E-state index contributed by atoms with van der Waals surface area (Å²) in [5.74, 6) is -1.76. The molecular formula is C26H19F6N3O5S. The maximum atomic E-state index is 13.5. The van der Waals surface area contributed by atoms with Crippen LogP contribution in [-0.4, -0.2) is 34.9 Å². The summed E-state index contributed by atoms with van der Waals surface area (Å²) in [6, 6.07) is 6.48. The van der Waals surface area contributed by atoms with Crippen molar-refractivity contribution in [2.24, 2.45) is 0 Å². The third-order valence-electron chi connectivity index (χ3n) is 5.59. The highest BCUT2D eigenvalue weighted by Gasteiger charge is 2.37. The van der Waals surface area contributed by atoms with Gasteiger partial charge in [-0.2, -0.15) is 36.1 Å². The molecule has 1 amide bonds. The van der Waals surface area contributed by atoms with E-state index in [2.05, 4.69) is 10.4 Å². The van der Waals surface area contributed by atoms with Crippen molar-refractivity contribution in [3.8, 4) is 11.4 Å². The number of benzene rings is 2. The van der Waals surface area contributed by atoms with E-state index in [1.807, 2.05) is 0 Å². The number of aromatic nitrogens is 2.